The van der Waals surface area contributed by atoms with Gasteiger partial charge in [0.15, 0.2) is 0 Å². The number of hydrogen-bond acceptors (Lipinski definition) is 2. The summed E-state index contributed by atoms with van der Waals surface area (Å²) in [5.41, 5.74) is 2.13. The Bertz CT molecular complexity index is 479. The summed E-state index contributed by atoms with van der Waals surface area (Å²) < 4.78 is 0. The van der Waals surface area contributed by atoms with Crippen molar-refractivity contribution in [2.24, 2.45) is 0 Å². The molecule has 0 aliphatic rings. The summed E-state index contributed by atoms with van der Waals surface area (Å²) in [6, 6.07) is 5.58. The molecule has 1 heterocycles. The molecule has 0 aliphatic carbocycles. The third kappa shape index (κ3) is 2.33. The molecule has 0 saturated carbocycles. The molecule has 0 N–H and O–H groups in total. The van der Waals surface area contributed by atoms with Crippen LogP contribution in [0.4, 0.5) is 0 Å². The first-order valence-electron chi connectivity index (χ1n) is 4.60. The zero-order valence-electron chi connectivity index (χ0n) is 8.13. The molecule has 0 spiro atoms. The van der Waals surface area contributed by atoms with Crippen molar-refractivity contribution in [3.8, 4) is 10.6 Å². The van der Waals surface area contributed by atoms with Gasteiger partial charge in [-0.1, -0.05) is 36.2 Å². The minimum absolute atomic E-state index is 0.572. The third-order valence-corrected chi connectivity index (χ3v) is 3.76. The van der Waals surface area contributed by atoms with Gasteiger partial charge in [-0.15, -0.1) is 11.3 Å². The fourth-order valence-electron chi connectivity index (χ4n) is 1.23. The molecular weight excluding hydrogens is 249 g/mol. The van der Waals surface area contributed by atoms with Crippen LogP contribution in [0.5, 0.6) is 0 Å². The SMILES string of the molecule is CCc1csc(-c2ccc(Cl)c(Cl)c2)n1. The molecule has 0 aliphatic heterocycles. The lowest BCUT2D eigenvalue weighted by molar-refractivity contribution is 1.07. The van der Waals surface area contributed by atoms with Crippen LogP contribution in [0, 0.1) is 0 Å². The Morgan fingerprint density at radius 2 is 2.07 bits per heavy atom. The smallest absolute Gasteiger partial charge is 0.123 e. The molecule has 0 atom stereocenters. The lowest BCUT2D eigenvalue weighted by atomic mass is 10.2. The molecule has 0 bridgehead atoms. The van der Waals surface area contributed by atoms with E-state index in [1.165, 1.54) is 0 Å². The van der Waals surface area contributed by atoms with Crippen LogP contribution in [0.3, 0.4) is 0 Å². The highest BCUT2D eigenvalue weighted by molar-refractivity contribution is 7.13. The minimum atomic E-state index is 0.572. The Labute approximate surface area is 103 Å². The van der Waals surface area contributed by atoms with E-state index in [0.717, 1.165) is 22.7 Å². The molecule has 2 rings (SSSR count). The van der Waals surface area contributed by atoms with Crippen LogP contribution in [0.15, 0.2) is 23.6 Å². The van der Waals surface area contributed by atoms with Crippen molar-refractivity contribution in [1.29, 1.82) is 0 Å². The number of rotatable bonds is 2. The lowest BCUT2D eigenvalue weighted by Crippen LogP contribution is -1.80. The highest BCUT2D eigenvalue weighted by atomic mass is 35.5. The lowest BCUT2D eigenvalue weighted by Gasteiger charge is -1.98. The van der Waals surface area contributed by atoms with Crippen LogP contribution in [-0.2, 0) is 6.42 Å². The largest absolute Gasteiger partial charge is 0.241 e. The fourth-order valence-corrected chi connectivity index (χ4v) is 2.43. The van der Waals surface area contributed by atoms with E-state index < -0.39 is 0 Å². The van der Waals surface area contributed by atoms with Gasteiger partial charge in [0.2, 0.25) is 0 Å². The molecule has 1 aromatic heterocycles. The van der Waals surface area contributed by atoms with Gasteiger partial charge in [0.25, 0.3) is 0 Å². The van der Waals surface area contributed by atoms with Crippen LogP contribution in [-0.4, -0.2) is 4.98 Å². The first-order valence-corrected chi connectivity index (χ1v) is 6.24. The second-order valence-corrected chi connectivity index (χ2v) is 4.80. The van der Waals surface area contributed by atoms with Crippen LogP contribution < -0.4 is 0 Å². The van der Waals surface area contributed by atoms with E-state index in [2.05, 4.69) is 17.3 Å². The van der Waals surface area contributed by atoms with Crippen LogP contribution >= 0.6 is 34.5 Å². The van der Waals surface area contributed by atoms with Gasteiger partial charge in [-0.05, 0) is 18.6 Å². The number of nitrogens with zero attached hydrogens (tertiary/aromatic N) is 1. The molecule has 0 saturated heterocycles. The predicted octanol–water partition coefficient (Wildman–Crippen LogP) is 4.68. The summed E-state index contributed by atoms with van der Waals surface area (Å²) in [4.78, 5) is 4.49. The van der Waals surface area contributed by atoms with Gasteiger partial charge in [0, 0.05) is 10.9 Å². The van der Waals surface area contributed by atoms with E-state index in [1.807, 2.05) is 12.1 Å². The topological polar surface area (TPSA) is 12.9 Å². The van der Waals surface area contributed by atoms with E-state index in [-0.39, 0.29) is 0 Å². The van der Waals surface area contributed by atoms with Crippen molar-refractivity contribution in [1.82, 2.24) is 4.98 Å². The van der Waals surface area contributed by atoms with Gasteiger partial charge in [0.05, 0.1) is 15.7 Å². The number of thiazole rings is 1. The first kappa shape index (κ1) is 10.9. The van der Waals surface area contributed by atoms with Crippen LogP contribution in [0.1, 0.15) is 12.6 Å². The normalized spacial score (nSPS) is 10.6. The van der Waals surface area contributed by atoms with Crippen LogP contribution in [0.25, 0.3) is 10.6 Å². The molecule has 0 amide bonds. The van der Waals surface area contributed by atoms with Crippen LogP contribution in [0.2, 0.25) is 10.0 Å². The summed E-state index contributed by atoms with van der Waals surface area (Å²) in [6.07, 6.45) is 0.956. The zero-order valence-corrected chi connectivity index (χ0v) is 10.5. The molecule has 2 aromatic rings. The Kier molecular flexibility index (Phi) is 3.29. The Morgan fingerprint density at radius 1 is 1.27 bits per heavy atom. The maximum absolute atomic E-state index is 5.95. The zero-order chi connectivity index (χ0) is 10.8. The van der Waals surface area contributed by atoms with Crippen molar-refractivity contribution >= 4 is 34.5 Å². The average molecular weight is 258 g/mol. The minimum Gasteiger partial charge on any atom is -0.241 e. The molecule has 1 aromatic carbocycles. The standard InChI is InChI=1S/C11H9Cl2NS/c1-2-8-6-15-11(14-8)7-3-4-9(12)10(13)5-7/h3-6H,2H2,1H3. The number of halogens is 2. The maximum atomic E-state index is 5.95. The highest BCUT2D eigenvalue weighted by Crippen LogP contribution is 2.30. The van der Waals surface area contributed by atoms with Gasteiger partial charge >= 0.3 is 0 Å². The quantitative estimate of drug-likeness (QED) is 0.762. The van der Waals surface area contributed by atoms with E-state index in [9.17, 15) is 0 Å². The molecule has 0 unspecified atom stereocenters. The second-order valence-electron chi connectivity index (χ2n) is 3.13. The summed E-state index contributed by atoms with van der Waals surface area (Å²) >= 11 is 13.4. The maximum Gasteiger partial charge on any atom is 0.123 e. The van der Waals surface area contributed by atoms with Crippen molar-refractivity contribution in [3.63, 3.8) is 0 Å². The Morgan fingerprint density at radius 3 is 2.67 bits per heavy atom. The number of benzene rings is 1. The van der Waals surface area contributed by atoms with E-state index in [4.69, 9.17) is 23.2 Å². The summed E-state index contributed by atoms with van der Waals surface area (Å²) in [5.74, 6) is 0. The fraction of sp³-hybridized carbons (Fsp3) is 0.182. The summed E-state index contributed by atoms with van der Waals surface area (Å²) in [5, 5.41) is 4.21. The molecule has 15 heavy (non-hydrogen) atoms. The van der Waals surface area contributed by atoms with Crippen molar-refractivity contribution in [2.45, 2.75) is 13.3 Å². The average Bonchev–Trinajstić information content (AvgIpc) is 2.70. The van der Waals surface area contributed by atoms with E-state index >= 15 is 0 Å². The number of aromatic nitrogens is 1. The molecule has 0 radical (unpaired) electrons. The number of hydrogen-bond donors (Lipinski definition) is 0. The third-order valence-electron chi connectivity index (χ3n) is 2.08. The molecule has 0 fully saturated rings. The van der Waals surface area contributed by atoms with E-state index in [1.54, 1.807) is 17.4 Å². The van der Waals surface area contributed by atoms with Crippen molar-refractivity contribution in [3.05, 3.63) is 39.3 Å². The first-order chi connectivity index (χ1) is 7.20. The highest BCUT2D eigenvalue weighted by Gasteiger charge is 2.05. The van der Waals surface area contributed by atoms with Gasteiger partial charge in [-0.3, -0.25) is 0 Å². The van der Waals surface area contributed by atoms with Gasteiger partial charge in [-0.25, -0.2) is 4.98 Å². The van der Waals surface area contributed by atoms with Gasteiger partial charge in [-0.2, -0.15) is 0 Å². The Balaban J connectivity index is 2.40. The van der Waals surface area contributed by atoms with Gasteiger partial charge in [0.1, 0.15) is 5.01 Å². The van der Waals surface area contributed by atoms with Crippen molar-refractivity contribution < 1.29 is 0 Å². The van der Waals surface area contributed by atoms with E-state index in [0.29, 0.717) is 10.0 Å². The number of aryl methyl sites for hydroxylation is 1. The molecular formula is C11H9Cl2NS. The molecule has 78 valence electrons. The molecule has 4 heteroatoms. The van der Waals surface area contributed by atoms with Gasteiger partial charge < -0.3 is 0 Å². The predicted molar refractivity (Wildman–Crippen MR) is 66.9 cm³/mol. The Hall–Kier alpha value is -0.570. The summed E-state index contributed by atoms with van der Waals surface area (Å²) in [7, 11) is 0. The monoisotopic (exact) mass is 257 g/mol. The summed E-state index contributed by atoms with van der Waals surface area (Å²) in [6.45, 7) is 2.09. The van der Waals surface area contributed by atoms with Crippen molar-refractivity contribution in [2.75, 3.05) is 0 Å². The second kappa shape index (κ2) is 4.52. The molecule has 1 nitrogen and oxygen atoms in total.